The molecule has 0 heterocycles. The van der Waals surface area contributed by atoms with Crippen LogP contribution < -0.4 is 0 Å². The first-order chi connectivity index (χ1) is 4.99. The third-order valence-electron chi connectivity index (χ3n) is 1.04. The van der Waals surface area contributed by atoms with E-state index in [0.29, 0.717) is 0 Å². The van der Waals surface area contributed by atoms with Crippen LogP contribution in [0.2, 0.25) is 0 Å². The maximum absolute atomic E-state index is 10.2. The Balaban J connectivity index is 3.77. The van der Waals surface area contributed by atoms with Crippen molar-refractivity contribution in [2.24, 2.45) is 5.92 Å². The van der Waals surface area contributed by atoms with Crippen LogP contribution in [0, 0.1) is 5.92 Å². The smallest absolute Gasteiger partial charge is 0.303 e. The predicted octanol–water partition coefficient (Wildman–Crippen LogP) is 1.08. The minimum atomic E-state index is -4.34. The molecule has 11 heavy (non-hydrogen) atoms. The number of hydrogen-bond donors (Lipinski definition) is 2. The summed E-state index contributed by atoms with van der Waals surface area (Å²) in [7, 11) is -4.34. The Bertz CT molecular complexity index is 175. The third-order valence-corrected chi connectivity index (χ3v) is 1.53. The fraction of sp³-hybridized carbons (Fsp3) is 0.333. The summed E-state index contributed by atoms with van der Waals surface area (Å²) in [6.45, 7) is 6.77. The zero-order valence-corrected chi connectivity index (χ0v) is 6.91. The second-order valence-electron chi connectivity index (χ2n) is 1.92. The van der Waals surface area contributed by atoms with Gasteiger partial charge in [-0.05, 0) is 0 Å². The highest BCUT2D eigenvalue weighted by molar-refractivity contribution is 7.46. The number of rotatable bonds is 5. The topological polar surface area (TPSA) is 66.8 Å². The van der Waals surface area contributed by atoms with Crippen LogP contribution in [0.5, 0.6) is 0 Å². The number of phosphoric ester groups is 1. The lowest BCUT2D eigenvalue weighted by molar-refractivity contribution is 0.188. The van der Waals surface area contributed by atoms with E-state index in [4.69, 9.17) is 9.79 Å². The third kappa shape index (κ3) is 6.01. The van der Waals surface area contributed by atoms with E-state index in [9.17, 15) is 4.57 Å². The molecule has 0 rings (SSSR count). The molecule has 0 aromatic carbocycles. The molecule has 0 saturated carbocycles. The summed E-state index contributed by atoms with van der Waals surface area (Å²) in [5, 5.41) is 0. The van der Waals surface area contributed by atoms with Crippen LogP contribution in [0.1, 0.15) is 0 Å². The first-order valence-corrected chi connectivity index (χ1v) is 4.48. The van der Waals surface area contributed by atoms with Gasteiger partial charge in [0.1, 0.15) is 0 Å². The van der Waals surface area contributed by atoms with E-state index in [2.05, 4.69) is 17.7 Å². The lowest BCUT2D eigenvalue weighted by Crippen LogP contribution is -2.01. The van der Waals surface area contributed by atoms with Gasteiger partial charge in [0.15, 0.2) is 0 Å². The molecule has 64 valence electrons. The molecule has 0 unspecified atom stereocenters. The quantitative estimate of drug-likeness (QED) is 0.488. The number of phosphoric acid groups is 1. The molecule has 0 atom stereocenters. The van der Waals surface area contributed by atoms with Crippen molar-refractivity contribution in [1.82, 2.24) is 0 Å². The standard InChI is InChI=1S/C6H11O4P/c1-3-6(4-2)5-10-11(7,8)9/h3-4,6H,1-2,5H2,(H2,7,8,9). The molecule has 0 spiro atoms. The first-order valence-electron chi connectivity index (χ1n) is 2.95. The average molecular weight is 178 g/mol. The van der Waals surface area contributed by atoms with Crippen LogP contribution in [-0.4, -0.2) is 16.4 Å². The van der Waals surface area contributed by atoms with Crippen LogP contribution in [0.25, 0.3) is 0 Å². The summed E-state index contributed by atoms with van der Waals surface area (Å²) in [4.78, 5) is 16.6. The maximum atomic E-state index is 10.2. The largest absolute Gasteiger partial charge is 0.469 e. The van der Waals surface area contributed by atoms with Gasteiger partial charge < -0.3 is 9.79 Å². The monoisotopic (exact) mass is 178 g/mol. The highest BCUT2D eigenvalue weighted by Gasteiger charge is 2.14. The van der Waals surface area contributed by atoms with Gasteiger partial charge in [-0.1, -0.05) is 12.2 Å². The van der Waals surface area contributed by atoms with Crippen molar-refractivity contribution in [1.29, 1.82) is 0 Å². The fourth-order valence-electron chi connectivity index (χ4n) is 0.415. The summed E-state index contributed by atoms with van der Waals surface area (Å²) in [6.07, 6.45) is 3.01. The Labute approximate surface area is 65.4 Å². The van der Waals surface area contributed by atoms with Gasteiger partial charge in [0.2, 0.25) is 0 Å². The molecule has 0 aromatic rings. The molecule has 0 amide bonds. The highest BCUT2D eigenvalue weighted by atomic mass is 31.2. The second kappa shape index (κ2) is 4.46. The zero-order valence-electron chi connectivity index (χ0n) is 6.01. The van der Waals surface area contributed by atoms with Crippen molar-refractivity contribution in [2.75, 3.05) is 6.61 Å². The summed E-state index contributed by atoms with van der Waals surface area (Å²) in [5.74, 6) is -0.220. The molecule has 0 aliphatic carbocycles. The summed E-state index contributed by atoms with van der Waals surface area (Å²) in [6, 6.07) is 0. The number of hydrogen-bond acceptors (Lipinski definition) is 2. The Morgan fingerprint density at radius 2 is 1.91 bits per heavy atom. The minimum Gasteiger partial charge on any atom is -0.303 e. The normalized spacial score (nSPS) is 11.5. The van der Waals surface area contributed by atoms with Crippen LogP contribution in [0.3, 0.4) is 0 Å². The van der Waals surface area contributed by atoms with Gasteiger partial charge in [-0.15, -0.1) is 13.2 Å². The van der Waals surface area contributed by atoms with Crippen molar-refractivity contribution in [3.63, 3.8) is 0 Å². The summed E-state index contributed by atoms with van der Waals surface area (Å²) >= 11 is 0. The molecule has 5 heteroatoms. The fourth-order valence-corrected chi connectivity index (χ4v) is 0.782. The molecule has 0 radical (unpaired) electrons. The molecular weight excluding hydrogens is 167 g/mol. The Morgan fingerprint density at radius 1 is 1.45 bits per heavy atom. The van der Waals surface area contributed by atoms with Crippen molar-refractivity contribution < 1.29 is 18.9 Å². The second-order valence-corrected chi connectivity index (χ2v) is 3.16. The van der Waals surface area contributed by atoms with E-state index in [1.165, 1.54) is 12.2 Å². The molecule has 0 saturated heterocycles. The molecular formula is C6H11O4P. The van der Waals surface area contributed by atoms with Crippen LogP contribution in [-0.2, 0) is 9.09 Å². The molecule has 0 fully saturated rings. The van der Waals surface area contributed by atoms with E-state index in [-0.39, 0.29) is 12.5 Å². The van der Waals surface area contributed by atoms with Gasteiger partial charge >= 0.3 is 7.82 Å². The Morgan fingerprint density at radius 3 is 2.18 bits per heavy atom. The van der Waals surface area contributed by atoms with Crippen LogP contribution in [0.15, 0.2) is 25.3 Å². The molecule has 0 aliphatic rings. The van der Waals surface area contributed by atoms with Crippen molar-refractivity contribution >= 4 is 7.82 Å². The van der Waals surface area contributed by atoms with Crippen molar-refractivity contribution in [3.8, 4) is 0 Å². The summed E-state index contributed by atoms with van der Waals surface area (Å²) in [5.41, 5.74) is 0. The van der Waals surface area contributed by atoms with E-state index < -0.39 is 7.82 Å². The van der Waals surface area contributed by atoms with Gasteiger partial charge in [0, 0.05) is 5.92 Å². The highest BCUT2D eigenvalue weighted by Crippen LogP contribution is 2.36. The van der Waals surface area contributed by atoms with Crippen LogP contribution >= 0.6 is 7.82 Å². The molecule has 0 bridgehead atoms. The van der Waals surface area contributed by atoms with Gasteiger partial charge in [-0.3, -0.25) is 4.52 Å². The van der Waals surface area contributed by atoms with E-state index >= 15 is 0 Å². The van der Waals surface area contributed by atoms with Gasteiger partial charge in [-0.2, -0.15) is 0 Å². The molecule has 0 aliphatic heterocycles. The lowest BCUT2D eigenvalue weighted by atomic mass is 10.2. The van der Waals surface area contributed by atoms with Crippen LogP contribution in [0.4, 0.5) is 0 Å². The summed E-state index contributed by atoms with van der Waals surface area (Å²) < 4.78 is 14.4. The van der Waals surface area contributed by atoms with Gasteiger partial charge in [0.05, 0.1) is 6.61 Å². The Kier molecular flexibility index (Phi) is 4.30. The van der Waals surface area contributed by atoms with Crippen molar-refractivity contribution in [2.45, 2.75) is 0 Å². The first kappa shape index (κ1) is 10.6. The SMILES string of the molecule is C=CC(C=C)COP(=O)(O)O. The average Bonchev–Trinajstić information content (AvgIpc) is 1.88. The lowest BCUT2D eigenvalue weighted by Gasteiger charge is -2.08. The zero-order chi connectivity index (χ0) is 8.91. The predicted molar refractivity (Wildman–Crippen MR) is 41.9 cm³/mol. The molecule has 4 nitrogen and oxygen atoms in total. The van der Waals surface area contributed by atoms with Crippen molar-refractivity contribution in [3.05, 3.63) is 25.3 Å². The Hall–Kier alpha value is -0.410. The van der Waals surface area contributed by atoms with Gasteiger partial charge in [0.25, 0.3) is 0 Å². The van der Waals surface area contributed by atoms with Gasteiger partial charge in [-0.25, -0.2) is 4.57 Å². The molecule has 2 N–H and O–H groups in total. The van der Waals surface area contributed by atoms with E-state index in [0.717, 1.165) is 0 Å². The van der Waals surface area contributed by atoms with E-state index in [1.807, 2.05) is 0 Å². The van der Waals surface area contributed by atoms with E-state index in [1.54, 1.807) is 0 Å². The molecule has 0 aromatic heterocycles. The maximum Gasteiger partial charge on any atom is 0.469 e. The minimum absolute atomic E-state index is 0.0860.